The van der Waals surface area contributed by atoms with Crippen LogP contribution < -0.4 is 10.4 Å². The molecule has 1 aromatic carbocycles. The number of aromatic nitrogens is 4. The molecule has 0 radical (unpaired) electrons. The Kier molecular flexibility index (Phi) is 3.11. The van der Waals surface area contributed by atoms with Crippen molar-refractivity contribution in [2.45, 2.75) is 0 Å². The molecule has 3 aromatic rings. The van der Waals surface area contributed by atoms with E-state index in [1.165, 1.54) is 23.9 Å². The zero-order valence-electron chi connectivity index (χ0n) is 10.9. The monoisotopic (exact) mass is 286 g/mol. The summed E-state index contributed by atoms with van der Waals surface area (Å²) in [6.07, 6.45) is 1.32. The van der Waals surface area contributed by atoms with E-state index < -0.39 is 5.97 Å². The van der Waals surface area contributed by atoms with Crippen LogP contribution in [0.15, 0.2) is 41.5 Å². The summed E-state index contributed by atoms with van der Waals surface area (Å²) in [4.78, 5) is 26.6. The van der Waals surface area contributed by atoms with Crippen LogP contribution >= 0.6 is 0 Å². The normalized spacial score (nSPS) is 10.5. The van der Waals surface area contributed by atoms with Crippen molar-refractivity contribution in [2.75, 3.05) is 7.11 Å². The van der Waals surface area contributed by atoms with Gasteiger partial charge in [0.1, 0.15) is 12.1 Å². The fourth-order valence-electron chi connectivity index (χ4n) is 1.75. The van der Waals surface area contributed by atoms with E-state index in [9.17, 15) is 9.59 Å². The third kappa shape index (κ3) is 2.46. The van der Waals surface area contributed by atoms with Gasteiger partial charge >= 0.3 is 11.7 Å². The number of methoxy groups -OCH3 is 1. The molecule has 0 spiro atoms. The van der Waals surface area contributed by atoms with Crippen molar-refractivity contribution in [2.24, 2.45) is 0 Å². The molecule has 0 saturated heterocycles. The van der Waals surface area contributed by atoms with Crippen molar-refractivity contribution in [3.8, 4) is 11.6 Å². The van der Waals surface area contributed by atoms with Crippen LogP contribution in [0.3, 0.4) is 0 Å². The number of nitrogens with one attached hydrogen (secondary N) is 1. The quantitative estimate of drug-likeness (QED) is 0.721. The first-order valence-corrected chi connectivity index (χ1v) is 5.96. The lowest BCUT2D eigenvalue weighted by Crippen LogP contribution is -2.09. The Labute approximate surface area is 118 Å². The van der Waals surface area contributed by atoms with Gasteiger partial charge in [-0.3, -0.25) is 0 Å². The predicted molar refractivity (Wildman–Crippen MR) is 71.5 cm³/mol. The number of fused-ring (bicyclic) bond motifs is 1. The van der Waals surface area contributed by atoms with E-state index in [1.54, 1.807) is 24.3 Å². The minimum Gasteiger partial charge on any atom is -0.465 e. The molecular formula is C13H10N4O4. The topological polar surface area (TPSA) is 98.6 Å². The number of carbonyl (C=O) groups is 1. The highest BCUT2D eigenvalue weighted by Crippen LogP contribution is 2.20. The van der Waals surface area contributed by atoms with Crippen molar-refractivity contribution in [3.05, 3.63) is 52.7 Å². The lowest BCUT2D eigenvalue weighted by Gasteiger charge is -2.05. The Balaban J connectivity index is 1.84. The van der Waals surface area contributed by atoms with Gasteiger partial charge in [0.05, 0.1) is 12.7 Å². The number of carbonyl (C=O) groups excluding carboxylic acids is 1. The van der Waals surface area contributed by atoms with Crippen LogP contribution in [-0.2, 0) is 4.74 Å². The Morgan fingerprint density at radius 1 is 1.29 bits per heavy atom. The molecule has 0 saturated carbocycles. The van der Waals surface area contributed by atoms with Crippen molar-refractivity contribution < 1.29 is 14.3 Å². The number of H-pyrrole nitrogens is 1. The number of aromatic amines is 1. The van der Waals surface area contributed by atoms with Crippen LogP contribution in [-0.4, -0.2) is 32.7 Å². The predicted octanol–water partition coefficient (Wildman–Crippen LogP) is 0.996. The highest BCUT2D eigenvalue weighted by Gasteiger charge is 2.07. The second-order valence-corrected chi connectivity index (χ2v) is 4.10. The molecule has 1 N–H and O–H groups in total. The van der Waals surface area contributed by atoms with Crippen LogP contribution in [0, 0.1) is 0 Å². The number of hydrogen-bond acceptors (Lipinski definition) is 6. The average molecular weight is 286 g/mol. The number of rotatable bonds is 3. The first-order valence-electron chi connectivity index (χ1n) is 5.96. The summed E-state index contributed by atoms with van der Waals surface area (Å²) in [6, 6.07) is 7.92. The van der Waals surface area contributed by atoms with Gasteiger partial charge in [0.25, 0.3) is 0 Å². The maximum atomic E-state index is 11.3. The van der Waals surface area contributed by atoms with E-state index in [4.69, 9.17) is 4.74 Å². The third-order valence-corrected chi connectivity index (χ3v) is 2.78. The van der Waals surface area contributed by atoms with Crippen molar-refractivity contribution in [1.29, 1.82) is 0 Å². The minimum absolute atomic E-state index is 0.285. The van der Waals surface area contributed by atoms with Crippen LogP contribution in [0.2, 0.25) is 0 Å². The van der Waals surface area contributed by atoms with Gasteiger partial charge in [0.2, 0.25) is 5.88 Å². The summed E-state index contributed by atoms with van der Waals surface area (Å²) >= 11 is 0. The number of hydrogen-bond donors (Lipinski definition) is 1. The summed E-state index contributed by atoms with van der Waals surface area (Å²) in [7, 11) is 1.32. The molecule has 2 aromatic heterocycles. The molecule has 0 aliphatic carbocycles. The number of benzene rings is 1. The second-order valence-electron chi connectivity index (χ2n) is 4.10. The highest BCUT2D eigenvalue weighted by atomic mass is 16.5. The van der Waals surface area contributed by atoms with Gasteiger partial charge in [0, 0.05) is 6.07 Å². The second kappa shape index (κ2) is 5.08. The maximum Gasteiger partial charge on any atom is 0.348 e. The van der Waals surface area contributed by atoms with Crippen molar-refractivity contribution >= 4 is 11.6 Å². The molecule has 0 bridgehead atoms. The van der Waals surface area contributed by atoms with Gasteiger partial charge in [-0.25, -0.2) is 24.1 Å². The van der Waals surface area contributed by atoms with Gasteiger partial charge in [-0.05, 0) is 24.3 Å². The first-order chi connectivity index (χ1) is 10.2. The summed E-state index contributed by atoms with van der Waals surface area (Å²) in [5.41, 5.74) is 0.453. The van der Waals surface area contributed by atoms with Crippen molar-refractivity contribution in [3.63, 3.8) is 0 Å². The van der Waals surface area contributed by atoms with Crippen LogP contribution in [0.1, 0.15) is 10.4 Å². The number of nitrogens with zero attached hydrogens (tertiary/aromatic N) is 3. The Morgan fingerprint density at radius 3 is 2.76 bits per heavy atom. The summed E-state index contributed by atoms with van der Waals surface area (Å²) in [6.45, 7) is 0. The molecule has 8 nitrogen and oxygen atoms in total. The lowest BCUT2D eigenvalue weighted by atomic mass is 10.2. The van der Waals surface area contributed by atoms with Crippen LogP contribution in [0.5, 0.6) is 11.6 Å². The molecule has 0 unspecified atom stereocenters. The molecule has 0 aliphatic rings. The Morgan fingerprint density at radius 2 is 2.05 bits per heavy atom. The summed E-state index contributed by atoms with van der Waals surface area (Å²) in [5.74, 6) is 0.363. The fraction of sp³-hybridized carbons (Fsp3) is 0.0769. The van der Waals surface area contributed by atoms with Gasteiger partial charge in [-0.2, -0.15) is 5.10 Å². The number of ether oxygens (including phenoxy) is 2. The molecule has 2 heterocycles. The minimum atomic E-state index is -0.419. The zero-order chi connectivity index (χ0) is 14.8. The fourth-order valence-corrected chi connectivity index (χ4v) is 1.75. The van der Waals surface area contributed by atoms with Crippen LogP contribution in [0.25, 0.3) is 5.65 Å². The van der Waals surface area contributed by atoms with E-state index in [-0.39, 0.29) is 11.6 Å². The standard InChI is InChI=1S/C13H10N4O4/c1-20-12(18)8-2-4-9(5-3-8)21-11-6-10-15-16-13(19)17(10)7-14-11/h2-7H,1H3,(H,16,19). The molecule has 8 heteroatoms. The molecule has 21 heavy (non-hydrogen) atoms. The van der Waals surface area contributed by atoms with E-state index in [2.05, 4.69) is 19.9 Å². The highest BCUT2D eigenvalue weighted by molar-refractivity contribution is 5.89. The molecular weight excluding hydrogens is 276 g/mol. The summed E-state index contributed by atoms with van der Waals surface area (Å²) in [5, 5.41) is 6.12. The first kappa shape index (κ1) is 12.9. The average Bonchev–Trinajstić information content (AvgIpc) is 2.88. The van der Waals surface area contributed by atoms with E-state index >= 15 is 0 Å². The summed E-state index contributed by atoms with van der Waals surface area (Å²) < 4.78 is 11.4. The molecule has 0 amide bonds. The van der Waals surface area contributed by atoms with Gasteiger partial charge in [-0.1, -0.05) is 0 Å². The van der Waals surface area contributed by atoms with E-state index in [1.807, 2.05) is 0 Å². The molecule has 106 valence electrons. The van der Waals surface area contributed by atoms with Crippen molar-refractivity contribution in [1.82, 2.24) is 19.6 Å². The smallest absolute Gasteiger partial charge is 0.348 e. The zero-order valence-corrected chi connectivity index (χ0v) is 10.9. The largest absolute Gasteiger partial charge is 0.465 e. The van der Waals surface area contributed by atoms with Gasteiger partial charge in [-0.15, -0.1) is 0 Å². The molecule has 0 aliphatic heterocycles. The van der Waals surface area contributed by atoms with Crippen LogP contribution in [0.4, 0.5) is 0 Å². The third-order valence-electron chi connectivity index (χ3n) is 2.78. The van der Waals surface area contributed by atoms with Gasteiger partial charge in [0.15, 0.2) is 5.65 Å². The lowest BCUT2D eigenvalue weighted by molar-refractivity contribution is 0.0600. The van der Waals surface area contributed by atoms with E-state index in [0.717, 1.165) is 0 Å². The molecule has 0 atom stereocenters. The Bertz CT molecular complexity index is 850. The SMILES string of the molecule is COC(=O)c1ccc(Oc2cc3n[nH]c(=O)n3cn2)cc1. The van der Waals surface area contributed by atoms with E-state index in [0.29, 0.717) is 17.0 Å². The molecule has 0 fully saturated rings. The maximum absolute atomic E-state index is 11.3. The number of esters is 1. The molecule has 3 rings (SSSR count). The van der Waals surface area contributed by atoms with Gasteiger partial charge < -0.3 is 9.47 Å². The Hall–Kier alpha value is -3.16.